The van der Waals surface area contributed by atoms with Gasteiger partial charge in [-0.1, -0.05) is 65.1 Å². The number of sulfone groups is 1. The molecular formula is C23H17Cl3N2O3S. The average Bonchev–Trinajstić information content (AvgIpc) is 3.12. The van der Waals surface area contributed by atoms with E-state index in [1.807, 2.05) is 0 Å². The molecule has 1 aromatic heterocycles. The van der Waals surface area contributed by atoms with E-state index in [-0.39, 0.29) is 23.1 Å². The molecule has 0 atom stereocenters. The first kappa shape index (κ1) is 22.7. The van der Waals surface area contributed by atoms with Crippen molar-refractivity contribution in [2.45, 2.75) is 17.2 Å². The molecule has 1 amide bonds. The molecule has 4 rings (SSSR count). The first-order chi connectivity index (χ1) is 15.2. The molecule has 0 saturated heterocycles. The minimum Gasteiger partial charge on any atom is -0.337 e. The molecule has 32 heavy (non-hydrogen) atoms. The molecule has 3 aromatic carbocycles. The third-order valence-corrected chi connectivity index (χ3v) is 7.57. The van der Waals surface area contributed by atoms with Crippen molar-refractivity contribution in [1.29, 1.82) is 0 Å². The van der Waals surface area contributed by atoms with Crippen LogP contribution in [-0.2, 0) is 26.9 Å². The van der Waals surface area contributed by atoms with Crippen LogP contribution in [0.3, 0.4) is 0 Å². The van der Waals surface area contributed by atoms with Crippen LogP contribution in [0.15, 0.2) is 77.8 Å². The maximum Gasteiger partial charge on any atom is 0.244 e. The lowest BCUT2D eigenvalue weighted by atomic mass is 10.2. The molecule has 0 bridgehead atoms. The van der Waals surface area contributed by atoms with Gasteiger partial charge in [0.05, 0.1) is 20.7 Å². The summed E-state index contributed by atoms with van der Waals surface area (Å²) in [5.41, 5.74) is 1.77. The van der Waals surface area contributed by atoms with Gasteiger partial charge in [-0.3, -0.25) is 4.79 Å². The molecule has 4 aromatic rings. The van der Waals surface area contributed by atoms with Crippen molar-refractivity contribution in [3.63, 3.8) is 0 Å². The third kappa shape index (κ3) is 4.94. The summed E-state index contributed by atoms with van der Waals surface area (Å²) < 4.78 is 28.0. The Kier molecular flexibility index (Phi) is 6.49. The van der Waals surface area contributed by atoms with Gasteiger partial charge in [0, 0.05) is 27.8 Å². The Hall–Kier alpha value is -2.51. The molecule has 164 valence electrons. The van der Waals surface area contributed by atoms with Crippen LogP contribution in [0.1, 0.15) is 5.56 Å². The van der Waals surface area contributed by atoms with Crippen molar-refractivity contribution in [2.24, 2.45) is 0 Å². The van der Waals surface area contributed by atoms with E-state index < -0.39 is 9.84 Å². The van der Waals surface area contributed by atoms with Crippen molar-refractivity contribution in [3.8, 4) is 0 Å². The highest BCUT2D eigenvalue weighted by atomic mass is 35.5. The molecule has 0 radical (unpaired) electrons. The zero-order chi connectivity index (χ0) is 22.9. The Bertz CT molecular complexity index is 1410. The summed E-state index contributed by atoms with van der Waals surface area (Å²) in [7, 11) is -3.66. The van der Waals surface area contributed by atoms with E-state index >= 15 is 0 Å². The minimum atomic E-state index is -3.66. The lowest BCUT2D eigenvalue weighted by Crippen LogP contribution is -2.18. The summed E-state index contributed by atoms with van der Waals surface area (Å²) in [6.07, 6.45) is 1.50. The maximum absolute atomic E-state index is 13.2. The fraction of sp³-hybridized carbons (Fsp3) is 0.0870. The zero-order valence-electron chi connectivity index (χ0n) is 16.6. The van der Waals surface area contributed by atoms with Crippen LogP contribution < -0.4 is 5.32 Å². The number of benzene rings is 3. The van der Waals surface area contributed by atoms with Crippen LogP contribution in [0.2, 0.25) is 15.1 Å². The maximum atomic E-state index is 13.2. The molecule has 0 spiro atoms. The van der Waals surface area contributed by atoms with Gasteiger partial charge in [0.2, 0.25) is 5.91 Å². The van der Waals surface area contributed by atoms with Crippen molar-refractivity contribution < 1.29 is 13.2 Å². The molecule has 5 nitrogen and oxygen atoms in total. The van der Waals surface area contributed by atoms with Gasteiger partial charge in [-0.2, -0.15) is 0 Å². The Morgan fingerprint density at radius 3 is 2.34 bits per heavy atom. The zero-order valence-corrected chi connectivity index (χ0v) is 19.6. The molecule has 0 aliphatic carbocycles. The van der Waals surface area contributed by atoms with Crippen LogP contribution in [0, 0.1) is 0 Å². The number of anilines is 1. The predicted molar refractivity (Wildman–Crippen MR) is 129 cm³/mol. The second kappa shape index (κ2) is 9.16. The Labute approximate surface area is 200 Å². The van der Waals surface area contributed by atoms with Crippen LogP contribution in [0.25, 0.3) is 10.9 Å². The quantitative estimate of drug-likeness (QED) is 0.337. The summed E-state index contributed by atoms with van der Waals surface area (Å²) in [6, 6.07) is 18.5. The van der Waals surface area contributed by atoms with Gasteiger partial charge in [0.15, 0.2) is 9.84 Å². The van der Waals surface area contributed by atoms with E-state index in [4.69, 9.17) is 34.8 Å². The number of hydrogen-bond donors (Lipinski definition) is 1. The van der Waals surface area contributed by atoms with Crippen LogP contribution >= 0.6 is 34.8 Å². The molecule has 0 aliphatic rings. The monoisotopic (exact) mass is 506 g/mol. The van der Waals surface area contributed by atoms with E-state index in [0.29, 0.717) is 37.2 Å². The lowest BCUT2D eigenvalue weighted by molar-refractivity contribution is -0.116. The van der Waals surface area contributed by atoms with E-state index in [0.717, 1.165) is 0 Å². The third-order valence-electron chi connectivity index (χ3n) is 4.87. The summed E-state index contributed by atoms with van der Waals surface area (Å²) in [6.45, 7) is -0.0722. The number of amides is 1. The standard InChI is InChI=1S/C23H17Cl3N2O3S/c24-16-7-5-15(6-8-16)14-32(30,31)22-12-28(21-4-2-1-3-18(21)22)13-23(29)27-17-9-10-19(25)20(26)11-17/h1-12H,13-14H2,(H,27,29). The van der Waals surface area contributed by atoms with Gasteiger partial charge < -0.3 is 9.88 Å². The number of nitrogens with zero attached hydrogens (tertiary/aromatic N) is 1. The van der Waals surface area contributed by atoms with E-state index in [9.17, 15) is 13.2 Å². The van der Waals surface area contributed by atoms with Crippen LogP contribution in [-0.4, -0.2) is 18.9 Å². The van der Waals surface area contributed by atoms with Crippen LogP contribution in [0.4, 0.5) is 5.69 Å². The SMILES string of the molecule is O=C(Cn1cc(S(=O)(=O)Cc2ccc(Cl)cc2)c2ccccc21)Nc1ccc(Cl)c(Cl)c1. The van der Waals surface area contributed by atoms with Gasteiger partial charge in [0.25, 0.3) is 0 Å². The molecule has 9 heteroatoms. The van der Waals surface area contributed by atoms with Gasteiger partial charge in [-0.05, 0) is 42.0 Å². The highest BCUT2D eigenvalue weighted by Gasteiger charge is 2.22. The van der Waals surface area contributed by atoms with Crippen LogP contribution in [0.5, 0.6) is 0 Å². The number of carbonyl (C=O) groups excluding carboxylic acids is 1. The number of halogens is 3. The van der Waals surface area contributed by atoms with Gasteiger partial charge >= 0.3 is 0 Å². The number of carbonyl (C=O) groups is 1. The molecule has 0 unspecified atom stereocenters. The molecule has 0 fully saturated rings. The normalized spacial score (nSPS) is 11.6. The molecule has 1 N–H and O–H groups in total. The molecule has 0 aliphatic heterocycles. The van der Waals surface area contributed by atoms with Gasteiger partial charge in [0.1, 0.15) is 6.54 Å². The Balaban J connectivity index is 1.62. The Morgan fingerprint density at radius 1 is 0.906 bits per heavy atom. The molecular weight excluding hydrogens is 491 g/mol. The van der Waals surface area contributed by atoms with E-state index in [1.165, 1.54) is 6.20 Å². The van der Waals surface area contributed by atoms with Crippen molar-refractivity contribution in [2.75, 3.05) is 5.32 Å². The summed E-state index contributed by atoms with van der Waals surface area (Å²) in [5.74, 6) is -0.501. The summed E-state index contributed by atoms with van der Waals surface area (Å²) in [5, 5.41) is 4.56. The molecule has 0 saturated carbocycles. The first-order valence-electron chi connectivity index (χ1n) is 9.53. The summed E-state index contributed by atoms with van der Waals surface area (Å²) >= 11 is 17.8. The summed E-state index contributed by atoms with van der Waals surface area (Å²) in [4.78, 5) is 12.8. The minimum absolute atomic E-state index is 0.0722. The van der Waals surface area contributed by atoms with Gasteiger partial charge in [-0.25, -0.2) is 8.42 Å². The second-order valence-electron chi connectivity index (χ2n) is 7.20. The van der Waals surface area contributed by atoms with E-state index in [2.05, 4.69) is 5.32 Å². The number of para-hydroxylation sites is 1. The number of aromatic nitrogens is 1. The van der Waals surface area contributed by atoms with E-state index in [1.54, 1.807) is 71.3 Å². The lowest BCUT2D eigenvalue weighted by Gasteiger charge is -2.08. The number of hydrogen-bond acceptors (Lipinski definition) is 3. The average molecular weight is 508 g/mol. The smallest absolute Gasteiger partial charge is 0.244 e. The van der Waals surface area contributed by atoms with Gasteiger partial charge in [-0.15, -0.1) is 0 Å². The largest absolute Gasteiger partial charge is 0.337 e. The Morgan fingerprint density at radius 2 is 1.62 bits per heavy atom. The fourth-order valence-electron chi connectivity index (χ4n) is 3.40. The van der Waals surface area contributed by atoms with Crippen molar-refractivity contribution in [1.82, 2.24) is 4.57 Å². The second-order valence-corrected chi connectivity index (χ2v) is 10.4. The number of nitrogens with one attached hydrogen (secondary N) is 1. The highest BCUT2D eigenvalue weighted by Crippen LogP contribution is 2.29. The topological polar surface area (TPSA) is 68.2 Å². The highest BCUT2D eigenvalue weighted by molar-refractivity contribution is 7.90. The fourth-order valence-corrected chi connectivity index (χ4v) is 5.41. The number of rotatable bonds is 6. The molecule has 1 heterocycles. The van der Waals surface area contributed by atoms with Crippen molar-refractivity contribution in [3.05, 3.63) is 93.6 Å². The number of fused-ring (bicyclic) bond motifs is 1. The van der Waals surface area contributed by atoms with Crippen molar-refractivity contribution >= 4 is 67.1 Å². The first-order valence-corrected chi connectivity index (χ1v) is 12.3. The predicted octanol–water partition coefficient (Wildman–Crippen LogP) is 6.21.